The van der Waals surface area contributed by atoms with Crippen molar-refractivity contribution in [1.82, 2.24) is 20.6 Å². The Morgan fingerprint density at radius 1 is 0.917 bits per heavy atom. The lowest BCUT2D eigenvalue weighted by molar-refractivity contribution is -0.128. The maximum absolute atomic E-state index is 12.1. The number of carbonyl (C=O) groups excluding carboxylic acids is 2. The molecular weight excluding hydrogens is 304 g/mol. The van der Waals surface area contributed by atoms with Gasteiger partial charge in [-0.15, -0.1) is 0 Å². The first kappa shape index (κ1) is 17.6. The highest BCUT2D eigenvalue weighted by molar-refractivity contribution is 5.94. The molecule has 0 fully saturated rings. The van der Waals surface area contributed by atoms with Crippen LogP contribution in [0.15, 0.2) is 43.0 Å². The molecule has 24 heavy (non-hydrogen) atoms. The number of nitrogens with one attached hydrogen (secondary N) is 2. The molecule has 0 radical (unpaired) electrons. The molecule has 2 rings (SSSR count). The fourth-order valence-electron chi connectivity index (χ4n) is 1.98. The lowest BCUT2D eigenvalue weighted by atomic mass is 9.96. The summed E-state index contributed by atoms with van der Waals surface area (Å²) in [6.07, 6.45) is 4.92. The standard InChI is InChI=1S/C18H22N4O2/c1-18(2,3)17(24)22-9-8-21-16(23)14-6-4-13(5-7-14)15-10-19-12-20-11-15/h4-7,10-12H,8-9H2,1-3H3,(H,21,23)(H,22,24). The minimum Gasteiger partial charge on any atom is -0.354 e. The average Bonchev–Trinajstić information content (AvgIpc) is 2.58. The van der Waals surface area contributed by atoms with Crippen molar-refractivity contribution in [2.75, 3.05) is 13.1 Å². The lowest BCUT2D eigenvalue weighted by Crippen LogP contribution is -2.39. The number of carbonyl (C=O) groups is 2. The molecule has 1 aromatic heterocycles. The number of benzene rings is 1. The van der Waals surface area contributed by atoms with Gasteiger partial charge in [-0.2, -0.15) is 0 Å². The van der Waals surface area contributed by atoms with Crippen molar-refractivity contribution in [3.63, 3.8) is 0 Å². The third kappa shape index (κ3) is 4.87. The second-order valence-corrected chi connectivity index (χ2v) is 6.47. The molecule has 1 heterocycles. The van der Waals surface area contributed by atoms with Crippen molar-refractivity contribution in [3.05, 3.63) is 48.5 Å². The predicted molar refractivity (Wildman–Crippen MR) is 92.3 cm³/mol. The van der Waals surface area contributed by atoms with Crippen LogP contribution in [0.5, 0.6) is 0 Å². The van der Waals surface area contributed by atoms with Crippen molar-refractivity contribution in [3.8, 4) is 11.1 Å². The SMILES string of the molecule is CC(C)(C)C(=O)NCCNC(=O)c1ccc(-c2cncnc2)cc1. The summed E-state index contributed by atoms with van der Waals surface area (Å²) in [6, 6.07) is 7.22. The van der Waals surface area contributed by atoms with Crippen LogP contribution in [0.1, 0.15) is 31.1 Å². The highest BCUT2D eigenvalue weighted by atomic mass is 16.2. The van der Waals surface area contributed by atoms with E-state index in [-0.39, 0.29) is 11.8 Å². The molecule has 6 nitrogen and oxygen atoms in total. The van der Waals surface area contributed by atoms with Gasteiger partial charge in [-0.25, -0.2) is 9.97 Å². The molecule has 2 N–H and O–H groups in total. The van der Waals surface area contributed by atoms with Crippen LogP contribution >= 0.6 is 0 Å². The van der Waals surface area contributed by atoms with E-state index in [9.17, 15) is 9.59 Å². The van der Waals surface area contributed by atoms with Crippen molar-refractivity contribution in [2.24, 2.45) is 5.41 Å². The number of hydrogen-bond acceptors (Lipinski definition) is 4. The Hall–Kier alpha value is -2.76. The van der Waals surface area contributed by atoms with Crippen LogP contribution in [0, 0.1) is 5.41 Å². The molecule has 0 saturated heterocycles. The van der Waals surface area contributed by atoms with Gasteiger partial charge in [0, 0.05) is 42.0 Å². The largest absolute Gasteiger partial charge is 0.354 e. The number of hydrogen-bond donors (Lipinski definition) is 2. The first-order valence-electron chi connectivity index (χ1n) is 7.80. The molecule has 0 saturated carbocycles. The zero-order valence-electron chi connectivity index (χ0n) is 14.2. The smallest absolute Gasteiger partial charge is 0.251 e. The third-order valence-corrected chi connectivity index (χ3v) is 3.42. The summed E-state index contributed by atoms with van der Waals surface area (Å²) >= 11 is 0. The molecule has 2 aromatic rings. The van der Waals surface area contributed by atoms with Gasteiger partial charge in [0.2, 0.25) is 5.91 Å². The van der Waals surface area contributed by atoms with E-state index in [0.717, 1.165) is 11.1 Å². The van der Waals surface area contributed by atoms with Gasteiger partial charge in [0.15, 0.2) is 0 Å². The Bertz CT molecular complexity index is 691. The maximum atomic E-state index is 12.1. The summed E-state index contributed by atoms with van der Waals surface area (Å²) in [5.74, 6) is -0.206. The second kappa shape index (κ2) is 7.68. The van der Waals surface area contributed by atoms with Crippen molar-refractivity contribution in [1.29, 1.82) is 0 Å². The predicted octanol–water partition coefficient (Wildman–Crippen LogP) is 2.04. The quantitative estimate of drug-likeness (QED) is 0.824. The van der Waals surface area contributed by atoms with Gasteiger partial charge in [-0.1, -0.05) is 32.9 Å². The van der Waals surface area contributed by atoms with E-state index in [4.69, 9.17) is 0 Å². The monoisotopic (exact) mass is 326 g/mol. The van der Waals surface area contributed by atoms with Crippen molar-refractivity contribution >= 4 is 11.8 Å². The molecule has 0 spiro atoms. The van der Waals surface area contributed by atoms with Crippen molar-refractivity contribution < 1.29 is 9.59 Å². The van der Waals surface area contributed by atoms with E-state index in [0.29, 0.717) is 18.7 Å². The van der Waals surface area contributed by atoms with E-state index in [2.05, 4.69) is 20.6 Å². The van der Waals surface area contributed by atoms with E-state index < -0.39 is 5.41 Å². The van der Waals surface area contributed by atoms with E-state index in [1.807, 2.05) is 32.9 Å². The Morgan fingerprint density at radius 2 is 1.50 bits per heavy atom. The van der Waals surface area contributed by atoms with E-state index in [1.54, 1.807) is 24.5 Å². The van der Waals surface area contributed by atoms with Gasteiger partial charge in [-0.05, 0) is 17.7 Å². The fraction of sp³-hybridized carbons (Fsp3) is 0.333. The van der Waals surface area contributed by atoms with Gasteiger partial charge in [-0.3, -0.25) is 9.59 Å². The first-order chi connectivity index (χ1) is 11.4. The summed E-state index contributed by atoms with van der Waals surface area (Å²) in [5, 5.41) is 5.58. The highest BCUT2D eigenvalue weighted by Gasteiger charge is 2.20. The van der Waals surface area contributed by atoms with E-state index in [1.165, 1.54) is 6.33 Å². The normalized spacial score (nSPS) is 11.0. The van der Waals surface area contributed by atoms with Crippen LogP contribution < -0.4 is 10.6 Å². The van der Waals surface area contributed by atoms with Crippen LogP contribution in [-0.2, 0) is 4.79 Å². The summed E-state index contributed by atoms with van der Waals surface area (Å²) < 4.78 is 0. The summed E-state index contributed by atoms with van der Waals surface area (Å²) in [6.45, 7) is 6.33. The lowest BCUT2D eigenvalue weighted by Gasteiger charge is -2.17. The Labute approximate surface area is 141 Å². The van der Waals surface area contributed by atoms with Gasteiger partial charge in [0.05, 0.1) is 0 Å². The average molecular weight is 326 g/mol. The first-order valence-corrected chi connectivity index (χ1v) is 7.80. The Balaban J connectivity index is 1.84. The van der Waals surface area contributed by atoms with Crippen LogP contribution in [-0.4, -0.2) is 34.9 Å². The molecule has 0 aliphatic carbocycles. The van der Waals surface area contributed by atoms with Gasteiger partial charge >= 0.3 is 0 Å². The van der Waals surface area contributed by atoms with Gasteiger partial charge in [0.25, 0.3) is 5.91 Å². The van der Waals surface area contributed by atoms with Crippen LogP contribution in [0.2, 0.25) is 0 Å². The molecule has 1 aromatic carbocycles. The van der Waals surface area contributed by atoms with Gasteiger partial charge in [0.1, 0.15) is 6.33 Å². The molecule has 6 heteroatoms. The number of amides is 2. The molecule has 0 aliphatic rings. The number of aromatic nitrogens is 2. The summed E-state index contributed by atoms with van der Waals surface area (Å²) in [4.78, 5) is 31.8. The molecule has 0 bridgehead atoms. The second-order valence-electron chi connectivity index (χ2n) is 6.47. The molecule has 2 amide bonds. The fourth-order valence-corrected chi connectivity index (χ4v) is 1.98. The topological polar surface area (TPSA) is 84.0 Å². The molecule has 126 valence electrons. The minimum atomic E-state index is -0.430. The van der Waals surface area contributed by atoms with Crippen molar-refractivity contribution in [2.45, 2.75) is 20.8 Å². The van der Waals surface area contributed by atoms with Crippen LogP contribution in [0.3, 0.4) is 0 Å². The van der Waals surface area contributed by atoms with Gasteiger partial charge < -0.3 is 10.6 Å². The highest BCUT2D eigenvalue weighted by Crippen LogP contribution is 2.17. The molecule has 0 unspecified atom stereocenters. The molecule has 0 atom stereocenters. The minimum absolute atomic E-state index is 0.0359. The van der Waals surface area contributed by atoms with E-state index >= 15 is 0 Å². The maximum Gasteiger partial charge on any atom is 0.251 e. The molecule has 0 aliphatic heterocycles. The molecular formula is C18H22N4O2. The zero-order chi connectivity index (χ0) is 17.6. The Kier molecular flexibility index (Phi) is 5.63. The Morgan fingerprint density at radius 3 is 2.08 bits per heavy atom. The number of nitrogens with zero attached hydrogens (tertiary/aromatic N) is 2. The summed E-state index contributed by atoms with van der Waals surface area (Å²) in [5.41, 5.74) is 1.98. The van der Waals surface area contributed by atoms with Crippen LogP contribution in [0.4, 0.5) is 0 Å². The van der Waals surface area contributed by atoms with Crippen LogP contribution in [0.25, 0.3) is 11.1 Å². The zero-order valence-corrected chi connectivity index (χ0v) is 14.2. The summed E-state index contributed by atoms with van der Waals surface area (Å²) in [7, 11) is 0. The number of rotatable bonds is 5. The third-order valence-electron chi connectivity index (χ3n) is 3.42.